The quantitative estimate of drug-likeness (QED) is 0.617. The lowest BCUT2D eigenvalue weighted by atomic mass is 9.74. The molecule has 4 heteroatoms. The van der Waals surface area contributed by atoms with Crippen LogP contribution in [0, 0.1) is 5.92 Å². The Morgan fingerprint density at radius 1 is 1.50 bits per heavy atom. The zero-order valence-corrected chi connectivity index (χ0v) is 9.38. The summed E-state index contributed by atoms with van der Waals surface area (Å²) < 4.78 is 5.64. The van der Waals surface area contributed by atoms with Gasteiger partial charge in [0.05, 0.1) is 18.1 Å². The molecule has 2 N–H and O–H groups in total. The van der Waals surface area contributed by atoms with Crippen molar-refractivity contribution in [2.24, 2.45) is 5.92 Å². The Hall–Kier alpha value is -1.13. The standard InChI is InChI=1S/C12H16N2O2/c1-8-4-9(15)11-10(5-8)16-3-2-12(11)6-13-7-14-12/h4-5,11,13-14H,2-3,6-7H2,1H3. The van der Waals surface area contributed by atoms with Crippen molar-refractivity contribution < 1.29 is 9.53 Å². The minimum Gasteiger partial charge on any atom is -0.497 e. The molecule has 2 unspecified atom stereocenters. The van der Waals surface area contributed by atoms with Crippen molar-refractivity contribution >= 4 is 5.78 Å². The van der Waals surface area contributed by atoms with Crippen molar-refractivity contribution in [3.8, 4) is 0 Å². The SMILES string of the molecule is CC1=CC(=O)C2C(=C1)OCCC21CNCN1. The number of ether oxygens (including phenoxy) is 1. The van der Waals surface area contributed by atoms with Crippen LogP contribution in [-0.4, -0.2) is 31.1 Å². The number of ketones is 1. The summed E-state index contributed by atoms with van der Waals surface area (Å²) in [5.74, 6) is 0.873. The minimum atomic E-state index is -0.139. The van der Waals surface area contributed by atoms with Crippen LogP contribution in [0.25, 0.3) is 0 Å². The summed E-state index contributed by atoms with van der Waals surface area (Å²) in [5, 5.41) is 6.72. The lowest BCUT2D eigenvalue weighted by Gasteiger charge is -2.42. The smallest absolute Gasteiger partial charge is 0.168 e. The molecule has 16 heavy (non-hydrogen) atoms. The average molecular weight is 220 g/mol. The molecule has 2 saturated heterocycles. The zero-order chi connectivity index (χ0) is 11.2. The number of carbonyl (C=O) groups is 1. The van der Waals surface area contributed by atoms with E-state index in [4.69, 9.17) is 4.74 Å². The molecule has 0 aromatic rings. The van der Waals surface area contributed by atoms with Crippen LogP contribution in [0.3, 0.4) is 0 Å². The van der Waals surface area contributed by atoms with Crippen LogP contribution in [0.2, 0.25) is 0 Å². The van der Waals surface area contributed by atoms with Crippen molar-refractivity contribution in [2.45, 2.75) is 18.9 Å². The van der Waals surface area contributed by atoms with Gasteiger partial charge in [0.2, 0.25) is 0 Å². The van der Waals surface area contributed by atoms with Gasteiger partial charge in [-0.15, -0.1) is 0 Å². The van der Waals surface area contributed by atoms with Crippen molar-refractivity contribution in [3.05, 3.63) is 23.5 Å². The number of hydrogen-bond acceptors (Lipinski definition) is 4. The monoisotopic (exact) mass is 220 g/mol. The summed E-state index contributed by atoms with van der Waals surface area (Å²) >= 11 is 0. The van der Waals surface area contributed by atoms with Gasteiger partial charge in [-0.1, -0.05) is 0 Å². The van der Waals surface area contributed by atoms with Gasteiger partial charge in [0.1, 0.15) is 5.76 Å². The van der Waals surface area contributed by atoms with Crippen LogP contribution in [0.15, 0.2) is 23.5 Å². The molecular formula is C12H16N2O2. The molecule has 0 aromatic heterocycles. The first-order chi connectivity index (χ1) is 7.71. The summed E-state index contributed by atoms with van der Waals surface area (Å²) in [6.45, 7) is 4.25. The Labute approximate surface area is 94.7 Å². The summed E-state index contributed by atoms with van der Waals surface area (Å²) in [6.07, 6.45) is 4.61. The summed E-state index contributed by atoms with van der Waals surface area (Å²) in [7, 11) is 0. The lowest BCUT2D eigenvalue weighted by Crippen LogP contribution is -2.56. The molecule has 4 nitrogen and oxygen atoms in total. The second kappa shape index (κ2) is 3.43. The highest BCUT2D eigenvalue weighted by molar-refractivity contribution is 5.97. The van der Waals surface area contributed by atoms with E-state index in [2.05, 4.69) is 10.6 Å². The van der Waals surface area contributed by atoms with Gasteiger partial charge in [-0.05, 0) is 24.6 Å². The number of carbonyl (C=O) groups excluding carboxylic acids is 1. The van der Waals surface area contributed by atoms with Gasteiger partial charge < -0.3 is 10.1 Å². The maximum atomic E-state index is 12.1. The average Bonchev–Trinajstić information content (AvgIpc) is 2.66. The third kappa shape index (κ3) is 1.33. The third-order valence-corrected chi connectivity index (χ3v) is 3.68. The van der Waals surface area contributed by atoms with Gasteiger partial charge in [0.25, 0.3) is 0 Å². The number of nitrogens with one attached hydrogen (secondary N) is 2. The number of fused-ring (bicyclic) bond motifs is 2. The van der Waals surface area contributed by atoms with Crippen molar-refractivity contribution in [3.63, 3.8) is 0 Å². The van der Waals surface area contributed by atoms with Gasteiger partial charge in [0.15, 0.2) is 5.78 Å². The molecule has 2 atom stereocenters. The molecule has 2 heterocycles. The molecule has 0 saturated carbocycles. The molecule has 0 aromatic carbocycles. The molecular weight excluding hydrogens is 204 g/mol. The molecule has 0 radical (unpaired) electrons. The van der Waals surface area contributed by atoms with Crippen LogP contribution >= 0.6 is 0 Å². The predicted octanol–water partition coefficient (Wildman–Crippen LogP) is 0.325. The number of allylic oxidation sites excluding steroid dienone is 3. The topological polar surface area (TPSA) is 50.4 Å². The molecule has 3 rings (SSSR count). The second-order valence-electron chi connectivity index (χ2n) is 4.81. The van der Waals surface area contributed by atoms with E-state index in [0.29, 0.717) is 6.61 Å². The Balaban J connectivity index is 2.00. The van der Waals surface area contributed by atoms with E-state index >= 15 is 0 Å². The highest BCUT2D eigenvalue weighted by atomic mass is 16.5. The van der Waals surface area contributed by atoms with E-state index in [1.807, 2.05) is 13.0 Å². The fraction of sp³-hybridized carbons (Fsp3) is 0.583. The van der Waals surface area contributed by atoms with E-state index in [0.717, 1.165) is 31.0 Å². The van der Waals surface area contributed by atoms with Gasteiger partial charge in [-0.3, -0.25) is 10.1 Å². The highest BCUT2D eigenvalue weighted by Gasteiger charge is 2.50. The van der Waals surface area contributed by atoms with Crippen LogP contribution in [0.1, 0.15) is 13.3 Å². The molecule has 2 aliphatic heterocycles. The van der Waals surface area contributed by atoms with Crippen molar-refractivity contribution in [1.82, 2.24) is 10.6 Å². The second-order valence-corrected chi connectivity index (χ2v) is 4.81. The molecule has 2 fully saturated rings. The Morgan fingerprint density at radius 2 is 2.38 bits per heavy atom. The van der Waals surface area contributed by atoms with E-state index in [9.17, 15) is 4.79 Å². The summed E-state index contributed by atoms with van der Waals surface area (Å²) in [6, 6.07) is 0. The van der Waals surface area contributed by atoms with Gasteiger partial charge in [0, 0.05) is 19.6 Å². The fourth-order valence-corrected chi connectivity index (χ4v) is 2.93. The first-order valence-electron chi connectivity index (χ1n) is 5.74. The molecule has 86 valence electrons. The molecule has 0 bridgehead atoms. The number of hydrogen-bond donors (Lipinski definition) is 2. The predicted molar refractivity (Wildman–Crippen MR) is 59.6 cm³/mol. The first-order valence-corrected chi connectivity index (χ1v) is 5.74. The normalized spacial score (nSPS) is 37.8. The molecule has 1 aliphatic carbocycles. The number of rotatable bonds is 0. The van der Waals surface area contributed by atoms with Crippen LogP contribution in [0.4, 0.5) is 0 Å². The molecule has 1 spiro atoms. The summed E-state index contributed by atoms with van der Waals surface area (Å²) in [5.41, 5.74) is 0.859. The molecule has 3 aliphatic rings. The lowest BCUT2D eigenvalue weighted by molar-refractivity contribution is -0.122. The largest absolute Gasteiger partial charge is 0.497 e. The summed E-state index contributed by atoms with van der Waals surface area (Å²) in [4.78, 5) is 12.1. The van der Waals surface area contributed by atoms with E-state index < -0.39 is 0 Å². The highest BCUT2D eigenvalue weighted by Crippen LogP contribution is 2.38. The van der Waals surface area contributed by atoms with Crippen molar-refractivity contribution in [2.75, 3.05) is 19.8 Å². The Morgan fingerprint density at radius 3 is 3.12 bits per heavy atom. The van der Waals surface area contributed by atoms with Gasteiger partial charge in [-0.2, -0.15) is 0 Å². The zero-order valence-electron chi connectivity index (χ0n) is 9.38. The maximum absolute atomic E-state index is 12.1. The van der Waals surface area contributed by atoms with E-state index in [-0.39, 0.29) is 17.2 Å². The Bertz CT molecular complexity index is 392. The minimum absolute atomic E-state index is 0.127. The first kappa shape index (κ1) is 10.1. The van der Waals surface area contributed by atoms with E-state index in [1.165, 1.54) is 0 Å². The third-order valence-electron chi connectivity index (χ3n) is 3.68. The maximum Gasteiger partial charge on any atom is 0.168 e. The Kier molecular flexibility index (Phi) is 2.16. The fourth-order valence-electron chi connectivity index (χ4n) is 2.93. The van der Waals surface area contributed by atoms with Gasteiger partial charge in [-0.25, -0.2) is 0 Å². The van der Waals surface area contributed by atoms with Crippen LogP contribution in [-0.2, 0) is 9.53 Å². The van der Waals surface area contributed by atoms with Gasteiger partial charge >= 0.3 is 0 Å². The molecule has 0 amide bonds. The van der Waals surface area contributed by atoms with Crippen molar-refractivity contribution in [1.29, 1.82) is 0 Å². The van der Waals surface area contributed by atoms with E-state index in [1.54, 1.807) is 6.08 Å². The van der Waals surface area contributed by atoms with Crippen LogP contribution in [0.5, 0.6) is 0 Å². The van der Waals surface area contributed by atoms with Crippen LogP contribution < -0.4 is 10.6 Å².